The molecule has 0 amide bonds. The first-order valence-corrected chi connectivity index (χ1v) is 5.02. The molecule has 2 rings (SSSR count). The Bertz CT molecular complexity index is 512. The van der Waals surface area contributed by atoms with E-state index in [4.69, 9.17) is 5.26 Å². The molecule has 0 unspecified atom stereocenters. The van der Waals surface area contributed by atoms with Crippen LogP contribution in [0.15, 0.2) is 12.1 Å². The first kappa shape index (κ1) is 10.3. The van der Waals surface area contributed by atoms with Gasteiger partial charge >= 0.3 is 0 Å². The number of hydrogen-bond acceptors (Lipinski definition) is 6. The largest absolute Gasteiger partial charge is 0.354 e. The van der Waals surface area contributed by atoms with Crippen LogP contribution < -0.4 is 4.90 Å². The third kappa shape index (κ3) is 1.91. The minimum Gasteiger partial charge on any atom is -0.354 e. The van der Waals surface area contributed by atoms with E-state index in [1.807, 2.05) is 17.9 Å². The molecule has 0 saturated heterocycles. The van der Waals surface area contributed by atoms with Crippen molar-refractivity contribution in [1.29, 1.82) is 5.26 Å². The third-order valence-corrected chi connectivity index (χ3v) is 2.25. The molecule has 0 radical (unpaired) electrons. The summed E-state index contributed by atoms with van der Waals surface area (Å²) in [4.78, 5) is 2.00. The van der Waals surface area contributed by atoms with Gasteiger partial charge < -0.3 is 4.90 Å². The summed E-state index contributed by atoms with van der Waals surface area (Å²) >= 11 is 0. The lowest BCUT2D eigenvalue weighted by Gasteiger charge is -2.19. The Morgan fingerprint density at radius 3 is 3.12 bits per heavy atom. The summed E-state index contributed by atoms with van der Waals surface area (Å²) in [5.41, 5.74) is 0.611. The molecular weight excluding hydrogens is 206 g/mol. The fourth-order valence-electron chi connectivity index (χ4n) is 1.43. The lowest BCUT2D eigenvalue weighted by Crippen LogP contribution is -2.25. The average molecular weight is 217 g/mol. The predicted molar refractivity (Wildman–Crippen MR) is 56.7 cm³/mol. The number of tetrazole rings is 1. The highest BCUT2D eigenvalue weighted by Gasteiger charge is 2.07. The molecule has 0 aliphatic rings. The van der Waals surface area contributed by atoms with E-state index in [9.17, 15) is 0 Å². The number of rotatable bonds is 4. The number of hydrogen-bond donors (Lipinski definition) is 0. The lowest BCUT2D eigenvalue weighted by atomic mass is 10.4. The highest BCUT2D eigenvalue weighted by atomic mass is 15.6. The maximum Gasteiger partial charge on any atom is 0.200 e. The second kappa shape index (κ2) is 4.53. The van der Waals surface area contributed by atoms with Crippen LogP contribution in [-0.2, 0) is 0 Å². The Morgan fingerprint density at radius 1 is 1.50 bits per heavy atom. The van der Waals surface area contributed by atoms with Crippen LogP contribution in [0.2, 0.25) is 0 Å². The predicted octanol–water partition coefficient (Wildman–Crippen LogP) is 0.259. The summed E-state index contributed by atoms with van der Waals surface area (Å²) in [7, 11) is 0. The number of nitrogens with zero attached hydrogens (tertiary/aromatic N) is 7. The topological polar surface area (TPSA) is 83.0 Å². The van der Waals surface area contributed by atoms with Crippen LogP contribution in [-0.4, -0.2) is 38.3 Å². The smallest absolute Gasteiger partial charge is 0.200 e. The molecule has 0 bridgehead atoms. The maximum absolute atomic E-state index is 8.56. The fourth-order valence-corrected chi connectivity index (χ4v) is 1.43. The number of fused-ring (bicyclic) bond motifs is 1. The molecule has 0 aliphatic heterocycles. The molecule has 2 aromatic heterocycles. The van der Waals surface area contributed by atoms with E-state index in [-0.39, 0.29) is 0 Å². The van der Waals surface area contributed by atoms with Gasteiger partial charge in [-0.2, -0.15) is 5.26 Å². The van der Waals surface area contributed by atoms with Crippen molar-refractivity contribution in [3.05, 3.63) is 12.1 Å². The second-order valence-electron chi connectivity index (χ2n) is 3.21. The van der Waals surface area contributed by atoms with Gasteiger partial charge in [-0.15, -0.1) is 14.8 Å². The van der Waals surface area contributed by atoms with E-state index in [1.54, 1.807) is 6.07 Å². The zero-order valence-electron chi connectivity index (χ0n) is 8.91. The molecule has 7 heteroatoms. The lowest BCUT2D eigenvalue weighted by molar-refractivity contribution is 0.709. The van der Waals surface area contributed by atoms with Crippen LogP contribution in [0.4, 0.5) is 5.82 Å². The number of anilines is 1. The van der Waals surface area contributed by atoms with Crippen molar-refractivity contribution in [3.63, 3.8) is 0 Å². The molecule has 7 nitrogen and oxygen atoms in total. The second-order valence-corrected chi connectivity index (χ2v) is 3.21. The van der Waals surface area contributed by atoms with Gasteiger partial charge in [-0.05, 0) is 29.5 Å². The highest BCUT2D eigenvalue weighted by molar-refractivity contribution is 5.44. The van der Waals surface area contributed by atoms with Gasteiger partial charge in [-0.1, -0.05) is 0 Å². The summed E-state index contributed by atoms with van der Waals surface area (Å²) in [5.74, 6) is 0.776. The Balaban J connectivity index is 2.26. The molecule has 16 heavy (non-hydrogen) atoms. The molecule has 0 fully saturated rings. The van der Waals surface area contributed by atoms with E-state index in [1.165, 1.54) is 4.63 Å². The van der Waals surface area contributed by atoms with Gasteiger partial charge in [0.05, 0.1) is 12.5 Å². The van der Waals surface area contributed by atoms with E-state index in [0.29, 0.717) is 18.6 Å². The molecule has 2 heterocycles. The molecule has 0 spiro atoms. The van der Waals surface area contributed by atoms with Crippen LogP contribution in [0.3, 0.4) is 0 Å². The van der Waals surface area contributed by atoms with E-state index in [0.717, 1.165) is 12.4 Å². The zero-order valence-corrected chi connectivity index (χ0v) is 8.91. The van der Waals surface area contributed by atoms with Gasteiger partial charge in [0.1, 0.15) is 0 Å². The SMILES string of the molecule is CCN(CCC#N)c1ccc2nnnn2n1. The quantitative estimate of drug-likeness (QED) is 0.730. The first-order chi connectivity index (χ1) is 7.85. The molecule has 0 atom stereocenters. The Labute approximate surface area is 92.3 Å². The van der Waals surface area contributed by atoms with Gasteiger partial charge in [0.25, 0.3) is 0 Å². The van der Waals surface area contributed by atoms with Crippen LogP contribution >= 0.6 is 0 Å². The minimum atomic E-state index is 0.475. The van der Waals surface area contributed by atoms with Crippen molar-refractivity contribution in [1.82, 2.24) is 25.3 Å². The Kier molecular flexibility index (Phi) is 2.91. The monoisotopic (exact) mass is 217 g/mol. The molecule has 2 aromatic rings. The van der Waals surface area contributed by atoms with Crippen molar-refractivity contribution in [2.75, 3.05) is 18.0 Å². The fraction of sp³-hybridized carbons (Fsp3) is 0.444. The summed E-state index contributed by atoms with van der Waals surface area (Å²) < 4.78 is 1.38. The van der Waals surface area contributed by atoms with Gasteiger partial charge in [0.2, 0.25) is 0 Å². The molecule has 0 aliphatic carbocycles. The van der Waals surface area contributed by atoms with Crippen LogP contribution in [0.25, 0.3) is 5.65 Å². The molecule has 0 saturated carbocycles. The van der Waals surface area contributed by atoms with Gasteiger partial charge in [-0.25, -0.2) is 0 Å². The van der Waals surface area contributed by atoms with Crippen molar-refractivity contribution >= 4 is 11.5 Å². The zero-order chi connectivity index (χ0) is 11.4. The highest BCUT2D eigenvalue weighted by Crippen LogP contribution is 2.10. The number of aromatic nitrogens is 5. The van der Waals surface area contributed by atoms with Crippen molar-refractivity contribution < 1.29 is 0 Å². The van der Waals surface area contributed by atoms with E-state index < -0.39 is 0 Å². The summed E-state index contributed by atoms with van der Waals surface area (Å²) in [5, 5.41) is 23.8. The van der Waals surface area contributed by atoms with Crippen LogP contribution in [0.5, 0.6) is 0 Å². The summed E-state index contributed by atoms with van der Waals surface area (Å²) in [6.45, 7) is 3.47. The van der Waals surface area contributed by atoms with Gasteiger partial charge in [0.15, 0.2) is 11.5 Å². The summed E-state index contributed by atoms with van der Waals surface area (Å²) in [6, 6.07) is 5.77. The van der Waals surface area contributed by atoms with Crippen LogP contribution in [0.1, 0.15) is 13.3 Å². The Morgan fingerprint density at radius 2 is 2.38 bits per heavy atom. The van der Waals surface area contributed by atoms with E-state index >= 15 is 0 Å². The maximum atomic E-state index is 8.56. The average Bonchev–Trinajstić information content (AvgIpc) is 2.77. The van der Waals surface area contributed by atoms with Crippen molar-refractivity contribution in [2.24, 2.45) is 0 Å². The van der Waals surface area contributed by atoms with Crippen LogP contribution in [0, 0.1) is 11.3 Å². The van der Waals surface area contributed by atoms with Gasteiger partial charge in [0, 0.05) is 13.1 Å². The standard InChI is InChI=1S/C9H11N7/c1-2-15(7-3-6-10)9-5-4-8-11-13-14-16(8)12-9/h4-5H,2-3,7H2,1H3. The third-order valence-electron chi connectivity index (χ3n) is 2.25. The normalized spacial score (nSPS) is 10.2. The van der Waals surface area contributed by atoms with E-state index in [2.05, 4.69) is 26.7 Å². The minimum absolute atomic E-state index is 0.475. The van der Waals surface area contributed by atoms with Crippen molar-refractivity contribution in [3.8, 4) is 6.07 Å². The first-order valence-electron chi connectivity index (χ1n) is 5.02. The molecule has 82 valence electrons. The molecule has 0 N–H and O–H groups in total. The summed E-state index contributed by atoms with van der Waals surface area (Å²) in [6.07, 6.45) is 0.475. The number of nitriles is 1. The molecule has 0 aromatic carbocycles. The Hall–Kier alpha value is -2.23. The van der Waals surface area contributed by atoms with Crippen molar-refractivity contribution in [2.45, 2.75) is 13.3 Å². The molecular formula is C9H11N7. The van der Waals surface area contributed by atoms with Gasteiger partial charge in [-0.3, -0.25) is 0 Å².